The van der Waals surface area contributed by atoms with Gasteiger partial charge in [0.25, 0.3) is 5.91 Å². The fraction of sp³-hybridized carbons (Fsp3) is 0.0625. The Balaban J connectivity index is 2.39. The molecule has 0 unspecified atom stereocenters. The minimum atomic E-state index is -3.46. The van der Waals surface area contributed by atoms with Crippen LogP contribution in [0.1, 0.15) is 5.56 Å². The Morgan fingerprint density at radius 2 is 2.00 bits per heavy atom. The molecule has 0 fully saturated rings. The number of hydrogen-bond donors (Lipinski definition) is 3. The lowest BCUT2D eigenvalue weighted by molar-refractivity contribution is -0.124. The molecular formula is C16H15ClN2O5S. The first kappa shape index (κ1) is 18.8. The molecule has 0 aliphatic heterocycles. The van der Waals surface area contributed by atoms with Gasteiger partial charge in [-0.2, -0.15) is 0 Å². The topological polar surface area (TPSA) is 105 Å². The summed E-state index contributed by atoms with van der Waals surface area (Å²) in [5.74, 6) is 0.0936. The molecule has 7 nitrogen and oxygen atoms in total. The molecule has 0 saturated heterocycles. The molecule has 0 spiro atoms. The Morgan fingerprint density at radius 1 is 1.24 bits per heavy atom. The van der Waals surface area contributed by atoms with Crippen LogP contribution < -0.4 is 14.9 Å². The molecule has 3 N–H and O–H groups in total. The van der Waals surface area contributed by atoms with Crippen molar-refractivity contribution in [3.63, 3.8) is 0 Å². The van der Waals surface area contributed by atoms with E-state index in [9.17, 15) is 13.2 Å². The zero-order chi connectivity index (χ0) is 18.4. The van der Waals surface area contributed by atoms with Gasteiger partial charge in [0, 0.05) is 22.3 Å². The third kappa shape index (κ3) is 6.11. The van der Waals surface area contributed by atoms with Crippen LogP contribution in [0.4, 0.5) is 5.69 Å². The van der Waals surface area contributed by atoms with Crippen molar-refractivity contribution in [1.29, 1.82) is 0 Å². The minimum absolute atomic E-state index is 0.296. The van der Waals surface area contributed by atoms with Gasteiger partial charge < -0.3 is 4.74 Å². The number of amides is 1. The zero-order valence-corrected chi connectivity index (χ0v) is 14.6. The molecule has 0 bridgehead atoms. The summed E-state index contributed by atoms with van der Waals surface area (Å²) in [6.45, 7) is 0. The summed E-state index contributed by atoms with van der Waals surface area (Å²) >= 11 is 5.92. The highest BCUT2D eigenvalue weighted by atomic mass is 35.5. The Labute approximate surface area is 149 Å². The summed E-state index contributed by atoms with van der Waals surface area (Å²) in [4.78, 5) is 11.2. The zero-order valence-electron chi connectivity index (χ0n) is 13.1. The van der Waals surface area contributed by atoms with Gasteiger partial charge in [-0.25, -0.2) is 13.9 Å². The maximum Gasteiger partial charge on any atom is 0.267 e. The van der Waals surface area contributed by atoms with Crippen molar-refractivity contribution in [2.24, 2.45) is 0 Å². The molecule has 0 aliphatic rings. The van der Waals surface area contributed by atoms with Crippen LogP contribution in [0, 0.1) is 0 Å². The quantitative estimate of drug-likeness (QED) is 0.404. The lowest BCUT2D eigenvalue weighted by Gasteiger charge is -2.12. The van der Waals surface area contributed by atoms with Gasteiger partial charge in [-0.1, -0.05) is 17.7 Å². The molecule has 0 atom stereocenters. The number of carbonyl (C=O) groups is 1. The molecule has 132 valence electrons. The van der Waals surface area contributed by atoms with Crippen LogP contribution >= 0.6 is 11.6 Å². The second-order valence-electron chi connectivity index (χ2n) is 5.00. The number of nitrogens with one attached hydrogen (secondary N) is 2. The van der Waals surface area contributed by atoms with Gasteiger partial charge >= 0.3 is 0 Å². The molecule has 2 aromatic carbocycles. The van der Waals surface area contributed by atoms with Crippen molar-refractivity contribution < 1.29 is 23.2 Å². The average molecular weight is 383 g/mol. The lowest BCUT2D eigenvalue weighted by atomic mass is 10.1. The molecule has 0 radical (unpaired) electrons. The van der Waals surface area contributed by atoms with E-state index in [-0.39, 0.29) is 0 Å². The SMILES string of the molecule is CS(=O)(=O)Nc1ccc(Oc2cccc(Cl)c2)c(/C=C/C(=O)NO)c1. The molecule has 0 aliphatic carbocycles. The molecule has 2 rings (SSSR count). The van der Waals surface area contributed by atoms with E-state index in [0.717, 1.165) is 12.3 Å². The first-order valence-electron chi connectivity index (χ1n) is 6.94. The van der Waals surface area contributed by atoms with Crippen molar-refractivity contribution in [3.8, 4) is 11.5 Å². The average Bonchev–Trinajstić information content (AvgIpc) is 2.53. The number of benzene rings is 2. The van der Waals surface area contributed by atoms with Crippen molar-refractivity contribution in [3.05, 3.63) is 59.1 Å². The summed E-state index contributed by atoms with van der Waals surface area (Å²) in [6, 6.07) is 11.3. The van der Waals surface area contributed by atoms with Crippen LogP contribution in [0.5, 0.6) is 11.5 Å². The Hall–Kier alpha value is -2.55. The molecule has 0 aromatic heterocycles. The van der Waals surface area contributed by atoms with Crippen LogP contribution in [0.25, 0.3) is 6.08 Å². The Bertz CT molecular complexity index is 912. The van der Waals surface area contributed by atoms with Crippen molar-refractivity contribution >= 4 is 39.3 Å². The number of halogens is 1. The van der Waals surface area contributed by atoms with E-state index >= 15 is 0 Å². The van der Waals surface area contributed by atoms with Crippen LogP contribution in [0.15, 0.2) is 48.5 Å². The van der Waals surface area contributed by atoms with Crippen molar-refractivity contribution in [2.45, 2.75) is 0 Å². The number of rotatable bonds is 6. The summed E-state index contributed by atoms with van der Waals surface area (Å²) in [5, 5.41) is 9.06. The summed E-state index contributed by atoms with van der Waals surface area (Å²) in [7, 11) is -3.46. The highest BCUT2D eigenvalue weighted by Gasteiger charge is 2.08. The van der Waals surface area contributed by atoms with Crippen molar-refractivity contribution in [1.82, 2.24) is 5.48 Å². The largest absolute Gasteiger partial charge is 0.457 e. The van der Waals surface area contributed by atoms with Crippen LogP contribution in [0.3, 0.4) is 0 Å². The standard InChI is InChI=1S/C16H15ClN2O5S/c1-25(22,23)19-13-6-7-15(11(9-13)5-8-16(20)18-21)24-14-4-2-3-12(17)10-14/h2-10,19,21H,1H3,(H,18,20)/b8-5+. The summed E-state index contributed by atoms with van der Waals surface area (Å²) < 4.78 is 30.8. The maximum atomic E-state index is 11.4. The third-order valence-corrected chi connectivity index (χ3v) is 3.70. The van der Waals surface area contributed by atoms with Gasteiger partial charge in [-0.3, -0.25) is 14.7 Å². The summed E-state index contributed by atoms with van der Waals surface area (Å²) in [5.41, 5.74) is 2.18. The van der Waals surface area contributed by atoms with Crippen LogP contribution in [0.2, 0.25) is 5.02 Å². The van der Waals surface area contributed by atoms with E-state index in [0.29, 0.717) is 27.8 Å². The predicted octanol–water partition coefficient (Wildman–Crippen LogP) is 3.02. The van der Waals surface area contributed by atoms with Gasteiger partial charge in [0.1, 0.15) is 11.5 Å². The van der Waals surface area contributed by atoms with E-state index in [2.05, 4.69) is 4.72 Å². The highest BCUT2D eigenvalue weighted by Crippen LogP contribution is 2.30. The highest BCUT2D eigenvalue weighted by molar-refractivity contribution is 7.92. The fourth-order valence-electron chi connectivity index (χ4n) is 1.91. The fourth-order valence-corrected chi connectivity index (χ4v) is 2.64. The molecule has 1 amide bonds. The van der Waals surface area contributed by atoms with Gasteiger partial charge in [0.05, 0.1) is 6.26 Å². The number of anilines is 1. The van der Waals surface area contributed by atoms with E-state index in [1.165, 1.54) is 23.7 Å². The first-order chi connectivity index (χ1) is 11.8. The monoisotopic (exact) mass is 382 g/mol. The number of hydrogen-bond acceptors (Lipinski definition) is 5. The molecular weight excluding hydrogens is 368 g/mol. The maximum absolute atomic E-state index is 11.4. The number of carbonyl (C=O) groups excluding carboxylic acids is 1. The van der Waals surface area contributed by atoms with Gasteiger partial charge in [0.15, 0.2) is 0 Å². The van der Waals surface area contributed by atoms with Crippen LogP contribution in [-0.4, -0.2) is 25.8 Å². The summed E-state index contributed by atoms with van der Waals surface area (Å²) in [6.07, 6.45) is 3.47. The number of sulfonamides is 1. The molecule has 25 heavy (non-hydrogen) atoms. The third-order valence-electron chi connectivity index (χ3n) is 2.86. The second kappa shape index (κ2) is 8.02. The normalized spacial score (nSPS) is 11.3. The van der Waals surface area contributed by atoms with Gasteiger partial charge in [-0.05, 0) is 42.5 Å². The van der Waals surface area contributed by atoms with E-state index in [1.54, 1.807) is 30.3 Å². The van der Waals surface area contributed by atoms with E-state index in [1.807, 2.05) is 0 Å². The number of ether oxygens (including phenoxy) is 1. The molecule has 0 saturated carbocycles. The van der Waals surface area contributed by atoms with E-state index < -0.39 is 15.9 Å². The van der Waals surface area contributed by atoms with E-state index in [4.69, 9.17) is 21.5 Å². The minimum Gasteiger partial charge on any atom is -0.457 e. The Kier molecular flexibility index (Phi) is 6.02. The predicted molar refractivity (Wildman–Crippen MR) is 95.4 cm³/mol. The smallest absolute Gasteiger partial charge is 0.267 e. The van der Waals surface area contributed by atoms with Crippen molar-refractivity contribution in [2.75, 3.05) is 11.0 Å². The van der Waals surface area contributed by atoms with Gasteiger partial charge in [0.2, 0.25) is 10.0 Å². The molecule has 2 aromatic rings. The first-order valence-corrected chi connectivity index (χ1v) is 9.21. The Morgan fingerprint density at radius 3 is 2.64 bits per heavy atom. The second-order valence-corrected chi connectivity index (χ2v) is 7.18. The molecule has 0 heterocycles. The number of hydroxylamine groups is 1. The van der Waals surface area contributed by atoms with Gasteiger partial charge in [-0.15, -0.1) is 0 Å². The van der Waals surface area contributed by atoms with Crippen LogP contribution in [-0.2, 0) is 14.8 Å². The lowest BCUT2D eigenvalue weighted by Crippen LogP contribution is -2.14. The molecule has 9 heteroatoms.